The fourth-order valence-electron chi connectivity index (χ4n) is 1.70. The van der Waals surface area contributed by atoms with Crippen LogP contribution in [0.15, 0.2) is 42.1 Å². The summed E-state index contributed by atoms with van der Waals surface area (Å²) < 4.78 is 12.8. The Kier molecular flexibility index (Phi) is 3.88. The molecule has 0 radical (unpaired) electrons. The molecule has 1 aliphatic rings. The fourth-order valence-corrected chi connectivity index (χ4v) is 1.70. The first-order chi connectivity index (χ1) is 8.29. The number of hydrogen-bond acceptors (Lipinski definition) is 3. The second-order valence-electron chi connectivity index (χ2n) is 3.92. The highest BCUT2D eigenvalue weighted by molar-refractivity contribution is 6.01. The van der Waals surface area contributed by atoms with Crippen molar-refractivity contribution >= 4 is 5.71 Å². The molecule has 0 spiro atoms. The Morgan fingerprint density at radius 1 is 1.47 bits per heavy atom. The van der Waals surface area contributed by atoms with Crippen LogP contribution in [0.1, 0.15) is 12.0 Å². The van der Waals surface area contributed by atoms with Crippen LogP contribution in [0.4, 0.5) is 4.39 Å². The van der Waals surface area contributed by atoms with Crippen LogP contribution in [0.25, 0.3) is 0 Å². The van der Waals surface area contributed by atoms with Gasteiger partial charge in [0.1, 0.15) is 11.9 Å². The minimum absolute atomic E-state index is 0.0509. The Morgan fingerprint density at radius 3 is 2.94 bits per heavy atom. The fraction of sp³-hybridized carbons (Fsp3) is 0.308. The zero-order valence-electron chi connectivity index (χ0n) is 9.53. The molecule has 1 aliphatic heterocycles. The lowest BCUT2D eigenvalue weighted by Crippen LogP contribution is -2.27. The van der Waals surface area contributed by atoms with Crippen molar-refractivity contribution in [2.24, 2.45) is 5.16 Å². The minimum Gasteiger partial charge on any atom is -0.390 e. The molecule has 0 amide bonds. The van der Waals surface area contributed by atoms with Gasteiger partial charge in [-0.25, -0.2) is 4.39 Å². The van der Waals surface area contributed by atoms with E-state index in [1.165, 1.54) is 12.1 Å². The number of halogens is 1. The molecule has 1 atom stereocenters. The monoisotopic (exact) mass is 234 g/mol. The van der Waals surface area contributed by atoms with Gasteiger partial charge in [0.15, 0.2) is 0 Å². The summed E-state index contributed by atoms with van der Waals surface area (Å²) in [5.41, 5.74) is 1.79. The maximum atomic E-state index is 12.8. The molecule has 4 heteroatoms. The van der Waals surface area contributed by atoms with Crippen LogP contribution in [-0.2, 0) is 4.84 Å². The molecule has 0 aliphatic carbocycles. The molecule has 2 rings (SSSR count). The van der Waals surface area contributed by atoms with Gasteiger partial charge in [0.2, 0.25) is 0 Å². The molecule has 0 saturated heterocycles. The number of nitrogens with zero attached hydrogens (tertiary/aromatic N) is 1. The van der Waals surface area contributed by atoms with Crippen molar-refractivity contribution in [1.29, 1.82) is 0 Å². The first kappa shape index (κ1) is 11.8. The summed E-state index contributed by atoms with van der Waals surface area (Å²) in [6, 6.07) is 6.30. The van der Waals surface area contributed by atoms with Gasteiger partial charge in [0.05, 0.1) is 5.71 Å². The summed E-state index contributed by atoms with van der Waals surface area (Å²) in [7, 11) is 0. The lowest BCUT2D eigenvalue weighted by atomic mass is 10.1. The average molecular weight is 234 g/mol. The van der Waals surface area contributed by atoms with Crippen LogP contribution < -0.4 is 5.32 Å². The average Bonchev–Trinajstić information content (AvgIpc) is 2.79. The van der Waals surface area contributed by atoms with E-state index in [-0.39, 0.29) is 11.9 Å². The van der Waals surface area contributed by atoms with E-state index in [9.17, 15) is 4.39 Å². The molecule has 1 heterocycles. The number of rotatable bonds is 5. The normalized spacial score (nSPS) is 18.6. The minimum atomic E-state index is -0.238. The van der Waals surface area contributed by atoms with Crippen molar-refractivity contribution in [3.05, 3.63) is 48.3 Å². The molecule has 17 heavy (non-hydrogen) atoms. The van der Waals surface area contributed by atoms with Gasteiger partial charge >= 0.3 is 0 Å². The second kappa shape index (κ2) is 5.59. The highest BCUT2D eigenvalue weighted by Gasteiger charge is 2.21. The van der Waals surface area contributed by atoms with Gasteiger partial charge < -0.3 is 10.2 Å². The van der Waals surface area contributed by atoms with Crippen LogP contribution in [0.3, 0.4) is 0 Å². The first-order valence-electron chi connectivity index (χ1n) is 5.60. The summed E-state index contributed by atoms with van der Waals surface area (Å²) in [5.74, 6) is -0.238. The predicted molar refractivity (Wildman–Crippen MR) is 65.5 cm³/mol. The molecule has 3 nitrogen and oxygen atoms in total. The topological polar surface area (TPSA) is 33.6 Å². The van der Waals surface area contributed by atoms with E-state index >= 15 is 0 Å². The van der Waals surface area contributed by atoms with E-state index in [0.29, 0.717) is 0 Å². The third kappa shape index (κ3) is 3.14. The Hall–Kier alpha value is -1.68. The summed E-state index contributed by atoms with van der Waals surface area (Å²) in [5, 5.41) is 7.21. The van der Waals surface area contributed by atoms with Crippen LogP contribution in [-0.4, -0.2) is 24.9 Å². The van der Waals surface area contributed by atoms with E-state index in [2.05, 4.69) is 17.1 Å². The second-order valence-corrected chi connectivity index (χ2v) is 3.92. The van der Waals surface area contributed by atoms with E-state index in [0.717, 1.165) is 30.8 Å². The Morgan fingerprint density at radius 2 is 2.24 bits per heavy atom. The zero-order chi connectivity index (χ0) is 12.1. The molecule has 1 aromatic rings. The van der Waals surface area contributed by atoms with Crippen molar-refractivity contribution in [3.8, 4) is 0 Å². The van der Waals surface area contributed by atoms with Crippen molar-refractivity contribution in [2.45, 2.75) is 12.5 Å². The molecule has 0 fully saturated rings. The third-order valence-electron chi connectivity index (χ3n) is 2.57. The smallest absolute Gasteiger partial charge is 0.145 e. The molecule has 1 unspecified atom stereocenters. The maximum absolute atomic E-state index is 12.8. The summed E-state index contributed by atoms with van der Waals surface area (Å²) >= 11 is 0. The van der Waals surface area contributed by atoms with Gasteiger partial charge in [0.25, 0.3) is 0 Å². The Balaban J connectivity index is 1.88. The van der Waals surface area contributed by atoms with E-state index < -0.39 is 0 Å². The highest BCUT2D eigenvalue weighted by atomic mass is 19.1. The molecular formula is C13H15FN2O. The van der Waals surface area contributed by atoms with Gasteiger partial charge in [-0.3, -0.25) is 0 Å². The van der Waals surface area contributed by atoms with Crippen molar-refractivity contribution in [2.75, 3.05) is 13.1 Å². The Bertz CT molecular complexity index is 414. The summed E-state index contributed by atoms with van der Waals surface area (Å²) in [6.45, 7) is 5.12. The predicted octanol–water partition coefficient (Wildman–Crippen LogP) is 2.09. The number of benzene rings is 1. The van der Waals surface area contributed by atoms with Crippen molar-refractivity contribution in [3.63, 3.8) is 0 Å². The third-order valence-corrected chi connectivity index (χ3v) is 2.57. The number of hydrogen-bond donors (Lipinski definition) is 1. The molecule has 0 saturated carbocycles. The molecule has 1 aromatic carbocycles. The lowest BCUT2D eigenvalue weighted by Gasteiger charge is -2.07. The first-order valence-corrected chi connectivity index (χ1v) is 5.60. The van der Waals surface area contributed by atoms with Crippen molar-refractivity contribution in [1.82, 2.24) is 5.32 Å². The Labute approximate surface area is 100.0 Å². The van der Waals surface area contributed by atoms with E-state index in [4.69, 9.17) is 4.84 Å². The highest BCUT2D eigenvalue weighted by Crippen LogP contribution is 2.16. The quantitative estimate of drug-likeness (QED) is 0.625. The van der Waals surface area contributed by atoms with Crippen LogP contribution in [0, 0.1) is 5.82 Å². The largest absolute Gasteiger partial charge is 0.390 e. The molecular weight excluding hydrogens is 219 g/mol. The maximum Gasteiger partial charge on any atom is 0.145 e. The number of nitrogens with one attached hydrogen (secondary N) is 1. The van der Waals surface area contributed by atoms with Gasteiger partial charge in [-0.05, 0) is 17.7 Å². The zero-order valence-corrected chi connectivity index (χ0v) is 9.53. The van der Waals surface area contributed by atoms with Gasteiger partial charge in [-0.2, -0.15) is 0 Å². The van der Waals surface area contributed by atoms with E-state index in [1.54, 1.807) is 18.2 Å². The van der Waals surface area contributed by atoms with Crippen LogP contribution in [0.5, 0.6) is 0 Å². The van der Waals surface area contributed by atoms with Crippen molar-refractivity contribution < 1.29 is 9.23 Å². The molecule has 1 N–H and O–H groups in total. The molecule has 90 valence electrons. The SMILES string of the molecule is C=CCNCC1CC(c2ccc(F)cc2)=NO1. The van der Waals surface area contributed by atoms with Gasteiger partial charge in [0, 0.05) is 19.5 Å². The van der Waals surface area contributed by atoms with Crippen LogP contribution in [0.2, 0.25) is 0 Å². The lowest BCUT2D eigenvalue weighted by molar-refractivity contribution is 0.0859. The van der Waals surface area contributed by atoms with E-state index in [1.807, 2.05) is 0 Å². The molecule has 0 aromatic heterocycles. The van der Waals surface area contributed by atoms with Crippen LogP contribution >= 0.6 is 0 Å². The van der Waals surface area contributed by atoms with Gasteiger partial charge in [-0.1, -0.05) is 23.4 Å². The summed E-state index contributed by atoms with van der Waals surface area (Å²) in [6.07, 6.45) is 2.60. The summed E-state index contributed by atoms with van der Waals surface area (Å²) in [4.78, 5) is 5.29. The number of oxime groups is 1. The molecule has 0 bridgehead atoms. The van der Waals surface area contributed by atoms with Gasteiger partial charge in [-0.15, -0.1) is 6.58 Å². The standard InChI is InChI=1S/C13H15FN2O/c1-2-7-15-9-12-8-13(16-17-12)10-3-5-11(14)6-4-10/h2-6,12,15H,1,7-9H2.